The summed E-state index contributed by atoms with van der Waals surface area (Å²) in [7, 11) is 0. The van der Waals surface area contributed by atoms with Gasteiger partial charge in [0.25, 0.3) is 0 Å². The number of imidazole rings is 1. The summed E-state index contributed by atoms with van der Waals surface area (Å²) in [6, 6.07) is 0. The Labute approximate surface area is 98.8 Å². The molecule has 8 heteroatoms. The van der Waals surface area contributed by atoms with E-state index in [0.717, 1.165) is 0 Å². The van der Waals surface area contributed by atoms with Crippen LogP contribution in [-0.4, -0.2) is 36.1 Å². The number of aliphatic hydroxyl groups is 1. The van der Waals surface area contributed by atoms with E-state index in [0.29, 0.717) is 17.0 Å². The lowest BCUT2D eigenvalue weighted by Gasteiger charge is -2.03. The van der Waals surface area contributed by atoms with Gasteiger partial charge in [-0.25, -0.2) is 4.98 Å². The van der Waals surface area contributed by atoms with Gasteiger partial charge in [0.2, 0.25) is 11.8 Å². The molecule has 80 valence electrons. The zero-order valence-electron chi connectivity index (χ0n) is 7.59. The monoisotopic (exact) mass is 321 g/mol. The van der Waals surface area contributed by atoms with Gasteiger partial charge in [-0.1, -0.05) is 0 Å². The SMILES string of the molecule is Nc1nc(OCCO)c2ncn(I)c2n1. The Morgan fingerprint density at radius 2 is 2.33 bits per heavy atom. The number of nitrogen functional groups attached to an aromatic ring is 1. The second kappa shape index (κ2) is 4.14. The fraction of sp³-hybridized carbons (Fsp3) is 0.286. The zero-order valence-corrected chi connectivity index (χ0v) is 9.75. The number of aliphatic hydroxyl groups excluding tert-OH is 1. The Bertz CT molecular complexity index is 485. The van der Waals surface area contributed by atoms with Crippen LogP contribution in [0.1, 0.15) is 0 Å². The number of nitrogens with two attached hydrogens (primary N) is 1. The number of nitrogens with zero attached hydrogens (tertiary/aromatic N) is 4. The van der Waals surface area contributed by atoms with Crippen LogP contribution in [0.4, 0.5) is 5.95 Å². The topological polar surface area (TPSA) is 99.1 Å². The average molecular weight is 321 g/mol. The highest BCUT2D eigenvalue weighted by molar-refractivity contribution is 14.1. The molecule has 2 aromatic heterocycles. The molecule has 0 radical (unpaired) electrons. The number of fused-ring (bicyclic) bond motifs is 1. The van der Waals surface area contributed by atoms with E-state index in [-0.39, 0.29) is 19.2 Å². The van der Waals surface area contributed by atoms with E-state index in [9.17, 15) is 0 Å². The summed E-state index contributed by atoms with van der Waals surface area (Å²) < 4.78 is 6.89. The number of anilines is 1. The molecule has 2 heterocycles. The van der Waals surface area contributed by atoms with Crippen molar-refractivity contribution in [2.24, 2.45) is 0 Å². The first kappa shape index (κ1) is 10.4. The minimum absolute atomic E-state index is 0.0870. The van der Waals surface area contributed by atoms with Crippen molar-refractivity contribution in [2.45, 2.75) is 0 Å². The van der Waals surface area contributed by atoms with Crippen LogP contribution in [-0.2, 0) is 0 Å². The van der Waals surface area contributed by atoms with Crippen molar-refractivity contribution in [1.29, 1.82) is 0 Å². The molecule has 0 saturated carbocycles. The molecule has 0 bridgehead atoms. The van der Waals surface area contributed by atoms with Gasteiger partial charge < -0.3 is 15.6 Å². The van der Waals surface area contributed by atoms with Crippen LogP contribution in [0.15, 0.2) is 6.33 Å². The van der Waals surface area contributed by atoms with Gasteiger partial charge in [-0.3, -0.25) is 2.78 Å². The molecule has 0 aromatic carbocycles. The van der Waals surface area contributed by atoms with Gasteiger partial charge in [-0.05, 0) is 0 Å². The fourth-order valence-electron chi connectivity index (χ4n) is 1.11. The maximum atomic E-state index is 8.65. The van der Waals surface area contributed by atoms with Crippen molar-refractivity contribution in [3.63, 3.8) is 0 Å². The normalized spacial score (nSPS) is 10.8. The molecule has 0 spiro atoms. The molecule has 7 nitrogen and oxygen atoms in total. The number of aromatic nitrogens is 4. The van der Waals surface area contributed by atoms with Crippen molar-refractivity contribution in [1.82, 2.24) is 17.7 Å². The van der Waals surface area contributed by atoms with Crippen molar-refractivity contribution in [3.05, 3.63) is 6.33 Å². The van der Waals surface area contributed by atoms with Gasteiger partial charge in [0.15, 0.2) is 11.2 Å². The standard InChI is InChI=1S/C7H8IN5O2/c8-13-3-10-4-5(13)11-7(9)12-6(4)15-2-1-14/h3,14H,1-2H2,(H2,9,11,12). The molecule has 0 unspecified atom stereocenters. The number of hydrogen-bond acceptors (Lipinski definition) is 6. The van der Waals surface area contributed by atoms with E-state index in [2.05, 4.69) is 15.0 Å². The molecule has 0 atom stereocenters. The molecule has 0 saturated heterocycles. The van der Waals surface area contributed by atoms with Crippen LogP contribution in [0.2, 0.25) is 0 Å². The summed E-state index contributed by atoms with van der Waals surface area (Å²) in [6.45, 7) is 0.0655. The summed E-state index contributed by atoms with van der Waals surface area (Å²) in [5.74, 6) is 0.413. The largest absolute Gasteiger partial charge is 0.474 e. The third-order valence-corrected chi connectivity index (χ3v) is 2.38. The highest BCUT2D eigenvalue weighted by atomic mass is 127. The molecule has 2 aromatic rings. The number of rotatable bonds is 3. The summed E-state index contributed by atoms with van der Waals surface area (Å²) >= 11 is 2.03. The van der Waals surface area contributed by atoms with E-state index in [1.54, 1.807) is 9.11 Å². The van der Waals surface area contributed by atoms with Gasteiger partial charge in [-0.2, -0.15) is 9.97 Å². The van der Waals surface area contributed by atoms with Crippen molar-refractivity contribution in [3.8, 4) is 5.88 Å². The summed E-state index contributed by atoms with van der Waals surface area (Å²) in [6.07, 6.45) is 1.59. The molecule has 0 aliphatic rings. The molecule has 2 rings (SSSR count). The summed E-state index contributed by atoms with van der Waals surface area (Å²) in [5, 5.41) is 8.65. The summed E-state index contributed by atoms with van der Waals surface area (Å²) in [4.78, 5) is 12.0. The highest BCUT2D eigenvalue weighted by Gasteiger charge is 2.11. The highest BCUT2D eigenvalue weighted by Crippen LogP contribution is 2.22. The predicted octanol–water partition coefficient (Wildman–Crippen LogP) is -0.0223. The zero-order chi connectivity index (χ0) is 10.8. The lowest BCUT2D eigenvalue weighted by atomic mass is 10.5. The minimum atomic E-state index is -0.0870. The van der Waals surface area contributed by atoms with Crippen molar-refractivity contribution >= 4 is 40.0 Å². The van der Waals surface area contributed by atoms with Gasteiger partial charge in [0.05, 0.1) is 29.5 Å². The number of halogens is 1. The molecule has 0 amide bonds. The fourth-order valence-corrected chi connectivity index (χ4v) is 1.57. The molecule has 3 N–H and O–H groups in total. The third-order valence-electron chi connectivity index (χ3n) is 1.67. The lowest BCUT2D eigenvalue weighted by Crippen LogP contribution is -2.06. The Morgan fingerprint density at radius 1 is 1.53 bits per heavy atom. The molecular weight excluding hydrogens is 313 g/mol. The van der Waals surface area contributed by atoms with Crippen molar-refractivity contribution in [2.75, 3.05) is 18.9 Å². The predicted molar refractivity (Wildman–Crippen MR) is 61.7 cm³/mol. The Hall–Kier alpha value is -1.16. The molecule has 15 heavy (non-hydrogen) atoms. The first-order valence-electron chi connectivity index (χ1n) is 4.12. The second-order valence-electron chi connectivity index (χ2n) is 2.69. The van der Waals surface area contributed by atoms with E-state index in [1.807, 2.05) is 22.9 Å². The van der Waals surface area contributed by atoms with Gasteiger partial charge in [-0.15, -0.1) is 0 Å². The van der Waals surface area contributed by atoms with Gasteiger partial charge in [0, 0.05) is 0 Å². The average Bonchev–Trinajstić information content (AvgIpc) is 2.57. The van der Waals surface area contributed by atoms with Crippen LogP contribution in [0.3, 0.4) is 0 Å². The maximum Gasteiger partial charge on any atom is 0.247 e. The minimum Gasteiger partial charge on any atom is -0.474 e. The Morgan fingerprint density at radius 3 is 3.07 bits per heavy atom. The van der Waals surface area contributed by atoms with E-state index in [4.69, 9.17) is 15.6 Å². The van der Waals surface area contributed by atoms with E-state index < -0.39 is 0 Å². The molecule has 0 aliphatic carbocycles. The summed E-state index contributed by atoms with van der Waals surface area (Å²) in [5.41, 5.74) is 6.64. The third kappa shape index (κ3) is 1.95. The Kier molecular flexibility index (Phi) is 2.86. The quantitative estimate of drug-likeness (QED) is 0.771. The van der Waals surface area contributed by atoms with Crippen LogP contribution in [0.5, 0.6) is 5.88 Å². The Balaban J connectivity index is 2.52. The molecule has 0 fully saturated rings. The molecular formula is C7H8IN5O2. The van der Waals surface area contributed by atoms with E-state index in [1.165, 1.54) is 0 Å². The number of ether oxygens (including phenoxy) is 1. The van der Waals surface area contributed by atoms with Crippen molar-refractivity contribution < 1.29 is 9.84 Å². The lowest BCUT2D eigenvalue weighted by molar-refractivity contribution is 0.198. The first-order chi connectivity index (χ1) is 7.22. The van der Waals surface area contributed by atoms with Gasteiger partial charge >= 0.3 is 0 Å². The van der Waals surface area contributed by atoms with Crippen LogP contribution in [0.25, 0.3) is 11.2 Å². The maximum absolute atomic E-state index is 8.65. The van der Waals surface area contributed by atoms with Crippen LogP contribution < -0.4 is 10.5 Å². The number of hydrogen-bond donors (Lipinski definition) is 2. The smallest absolute Gasteiger partial charge is 0.247 e. The van der Waals surface area contributed by atoms with Crippen LogP contribution in [0, 0.1) is 0 Å². The van der Waals surface area contributed by atoms with Gasteiger partial charge in [0.1, 0.15) is 12.9 Å². The van der Waals surface area contributed by atoms with Crippen LogP contribution >= 0.6 is 22.9 Å². The second-order valence-corrected chi connectivity index (χ2v) is 3.73. The van der Waals surface area contributed by atoms with E-state index >= 15 is 0 Å². The first-order valence-corrected chi connectivity index (χ1v) is 5.09. The molecule has 0 aliphatic heterocycles.